The average molecular weight is 308 g/mol. The van der Waals surface area contributed by atoms with Crippen molar-refractivity contribution in [1.82, 2.24) is 5.32 Å². The molecule has 1 saturated heterocycles. The molecule has 1 aliphatic heterocycles. The Hall–Kier alpha value is -2.62. The Bertz CT molecular complexity index is 712. The van der Waals surface area contributed by atoms with Crippen molar-refractivity contribution in [2.45, 2.75) is 19.9 Å². The molecule has 1 N–H and O–H groups in total. The van der Waals surface area contributed by atoms with Crippen molar-refractivity contribution in [3.63, 3.8) is 0 Å². The minimum atomic E-state index is -0.285. The fourth-order valence-corrected chi connectivity index (χ4v) is 2.90. The lowest BCUT2D eigenvalue weighted by Gasteiger charge is -2.16. The molecule has 1 heterocycles. The van der Waals surface area contributed by atoms with Gasteiger partial charge in [0.05, 0.1) is 5.92 Å². The molecular weight excluding hydrogens is 288 g/mol. The van der Waals surface area contributed by atoms with E-state index in [0.717, 1.165) is 11.3 Å². The summed E-state index contributed by atoms with van der Waals surface area (Å²) in [5, 5.41) is 2.94. The van der Waals surface area contributed by atoms with Gasteiger partial charge in [0, 0.05) is 25.2 Å². The van der Waals surface area contributed by atoms with Crippen molar-refractivity contribution < 1.29 is 9.59 Å². The lowest BCUT2D eigenvalue weighted by molar-refractivity contribution is -0.126. The number of nitrogens with one attached hydrogen (secondary N) is 1. The fraction of sp³-hybridized carbons (Fsp3) is 0.263. The first-order valence-corrected chi connectivity index (χ1v) is 7.82. The molecule has 0 aromatic heterocycles. The van der Waals surface area contributed by atoms with Crippen LogP contribution in [0.3, 0.4) is 0 Å². The molecule has 23 heavy (non-hydrogen) atoms. The number of hydrogen-bond acceptors (Lipinski definition) is 2. The number of amides is 2. The zero-order chi connectivity index (χ0) is 16.2. The molecule has 0 saturated carbocycles. The maximum absolute atomic E-state index is 12.3. The van der Waals surface area contributed by atoms with Crippen LogP contribution in [0, 0.1) is 12.8 Å². The minimum absolute atomic E-state index is 0.00639. The van der Waals surface area contributed by atoms with Crippen LogP contribution < -0.4 is 10.2 Å². The first kappa shape index (κ1) is 15.3. The van der Waals surface area contributed by atoms with Gasteiger partial charge in [0.25, 0.3) is 0 Å². The SMILES string of the molecule is Cc1cccc(CNC(=O)[C@H]2CC(=O)N(c3ccccc3)C2)c1. The Kier molecular flexibility index (Phi) is 4.42. The minimum Gasteiger partial charge on any atom is -0.352 e. The highest BCUT2D eigenvalue weighted by Gasteiger charge is 2.34. The molecule has 2 aromatic rings. The van der Waals surface area contributed by atoms with E-state index in [2.05, 4.69) is 11.4 Å². The summed E-state index contributed by atoms with van der Waals surface area (Å²) in [6.45, 7) is 2.97. The first-order chi connectivity index (χ1) is 11.1. The summed E-state index contributed by atoms with van der Waals surface area (Å²) >= 11 is 0. The smallest absolute Gasteiger partial charge is 0.227 e. The zero-order valence-corrected chi connectivity index (χ0v) is 13.2. The van der Waals surface area contributed by atoms with Crippen LogP contribution in [0.4, 0.5) is 5.69 Å². The molecule has 1 atom stereocenters. The van der Waals surface area contributed by atoms with Crippen LogP contribution in [0.2, 0.25) is 0 Å². The van der Waals surface area contributed by atoms with E-state index in [1.54, 1.807) is 4.90 Å². The summed E-state index contributed by atoms with van der Waals surface area (Å²) in [6.07, 6.45) is 0.272. The molecule has 0 spiro atoms. The normalized spacial score (nSPS) is 17.3. The third-order valence-corrected chi connectivity index (χ3v) is 4.11. The van der Waals surface area contributed by atoms with Crippen LogP contribution in [0.25, 0.3) is 0 Å². The van der Waals surface area contributed by atoms with Gasteiger partial charge in [0.2, 0.25) is 11.8 Å². The number of carbonyl (C=O) groups is 2. The topological polar surface area (TPSA) is 49.4 Å². The van der Waals surface area contributed by atoms with Crippen molar-refractivity contribution in [3.8, 4) is 0 Å². The monoisotopic (exact) mass is 308 g/mol. The van der Waals surface area contributed by atoms with Crippen LogP contribution >= 0.6 is 0 Å². The molecule has 1 aliphatic rings. The molecule has 4 nitrogen and oxygen atoms in total. The van der Waals surface area contributed by atoms with E-state index in [1.807, 2.05) is 55.5 Å². The molecule has 0 aliphatic carbocycles. The Morgan fingerprint density at radius 1 is 1.17 bits per heavy atom. The van der Waals surface area contributed by atoms with Gasteiger partial charge in [0.1, 0.15) is 0 Å². The summed E-state index contributed by atoms with van der Waals surface area (Å²) in [5.41, 5.74) is 3.09. The highest BCUT2D eigenvalue weighted by Crippen LogP contribution is 2.24. The number of anilines is 1. The van der Waals surface area contributed by atoms with Crippen molar-refractivity contribution in [1.29, 1.82) is 0 Å². The van der Waals surface area contributed by atoms with Gasteiger partial charge in [-0.15, -0.1) is 0 Å². The standard InChI is InChI=1S/C19H20N2O2/c1-14-6-5-7-15(10-14)12-20-19(23)16-11-18(22)21(13-16)17-8-3-2-4-9-17/h2-10,16H,11-13H2,1H3,(H,20,23)/t16-/m0/s1. The number of carbonyl (C=O) groups excluding carboxylic acids is 2. The quantitative estimate of drug-likeness (QED) is 0.944. The second-order valence-corrected chi connectivity index (χ2v) is 5.95. The Morgan fingerprint density at radius 3 is 2.70 bits per heavy atom. The van der Waals surface area contributed by atoms with Gasteiger partial charge in [0.15, 0.2) is 0 Å². The number of hydrogen-bond donors (Lipinski definition) is 1. The van der Waals surface area contributed by atoms with E-state index < -0.39 is 0 Å². The summed E-state index contributed by atoms with van der Waals surface area (Å²) in [4.78, 5) is 26.2. The molecule has 0 bridgehead atoms. The summed E-state index contributed by atoms with van der Waals surface area (Å²) in [6, 6.07) is 17.5. The third-order valence-electron chi connectivity index (χ3n) is 4.11. The molecule has 3 rings (SSSR count). The summed E-state index contributed by atoms with van der Waals surface area (Å²) < 4.78 is 0. The average Bonchev–Trinajstić information content (AvgIpc) is 2.95. The van der Waals surface area contributed by atoms with E-state index in [4.69, 9.17) is 0 Å². The molecule has 4 heteroatoms. The van der Waals surface area contributed by atoms with Gasteiger partial charge < -0.3 is 10.2 Å². The maximum atomic E-state index is 12.3. The van der Waals surface area contributed by atoms with Crippen LogP contribution in [0.1, 0.15) is 17.5 Å². The Balaban J connectivity index is 1.60. The lowest BCUT2D eigenvalue weighted by atomic mass is 10.1. The van der Waals surface area contributed by atoms with Gasteiger partial charge in [-0.2, -0.15) is 0 Å². The van der Waals surface area contributed by atoms with Gasteiger partial charge >= 0.3 is 0 Å². The highest BCUT2D eigenvalue weighted by molar-refractivity contribution is 6.00. The number of aryl methyl sites for hydroxylation is 1. The van der Waals surface area contributed by atoms with E-state index in [0.29, 0.717) is 13.1 Å². The molecule has 0 unspecified atom stereocenters. The molecule has 118 valence electrons. The second-order valence-electron chi connectivity index (χ2n) is 5.95. The Labute approximate surface area is 136 Å². The van der Waals surface area contributed by atoms with E-state index in [1.165, 1.54) is 5.56 Å². The highest BCUT2D eigenvalue weighted by atomic mass is 16.2. The van der Waals surface area contributed by atoms with Crippen LogP contribution in [0.5, 0.6) is 0 Å². The van der Waals surface area contributed by atoms with E-state index >= 15 is 0 Å². The van der Waals surface area contributed by atoms with Crippen molar-refractivity contribution in [2.24, 2.45) is 5.92 Å². The molecule has 0 radical (unpaired) electrons. The van der Waals surface area contributed by atoms with Crippen molar-refractivity contribution in [3.05, 3.63) is 65.7 Å². The lowest BCUT2D eigenvalue weighted by Crippen LogP contribution is -2.32. The molecular formula is C19H20N2O2. The van der Waals surface area contributed by atoms with Crippen LogP contribution in [0.15, 0.2) is 54.6 Å². The van der Waals surface area contributed by atoms with Crippen molar-refractivity contribution in [2.75, 3.05) is 11.4 Å². The zero-order valence-electron chi connectivity index (χ0n) is 13.2. The third kappa shape index (κ3) is 3.59. The molecule has 2 aromatic carbocycles. The van der Waals surface area contributed by atoms with Gasteiger partial charge in [-0.05, 0) is 24.6 Å². The van der Waals surface area contributed by atoms with Gasteiger partial charge in [-0.1, -0.05) is 48.0 Å². The first-order valence-electron chi connectivity index (χ1n) is 7.82. The summed E-state index contributed by atoms with van der Waals surface area (Å²) in [5.74, 6) is -0.335. The van der Waals surface area contributed by atoms with Crippen LogP contribution in [-0.4, -0.2) is 18.4 Å². The Morgan fingerprint density at radius 2 is 1.96 bits per heavy atom. The maximum Gasteiger partial charge on any atom is 0.227 e. The summed E-state index contributed by atoms with van der Waals surface area (Å²) in [7, 11) is 0. The van der Waals surface area contributed by atoms with E-state index in [9.17, 15) is 9.59 Å². The number of para-hydroxylation sites is 1. The number of benzene rings is 2. The largest absolute Gasteiger partial charge is 0.352 e. The second kappa shape index (κ2) is 6.65. The molecule has 2 amide bonds. The number of nitrogens with zero attached hydrogens (tertiary/aromatic N) is 1. The van der Waals surface area contributed by atoms with Crippen molar-refractivity contribution >= 4 is 17.5 Å². The fourth-order valence-electron chi connectivity index (χ4n) is 2.90. The number of rotatable bonds is 4. The van der Waals surface area contributed by atoms with Gasteiger partial charge in [-0.3, -0.25) is 9.59 Å². The van der Waals surface area contributed by atoms with Crippen LogP contribution in [-0.2, 0) is 16.1 Å². The molecule has 1 fully saturated rings. The van der Waals surface area contributed by atoms with Gasteiger partial charge in [-0.25, -0.2) is 0 Å². The predicted octanol–water partition coefficient (Wildman–Crippen LogP) is 2.66. The predicted molar refractivity (Wildman–Crippen MR) is 89.9 cm³/mol. The van der Waals surface area contributed by atoms with E-state index in [-0.39, 0.29) is 24.2 Å².